The zero-order valence-corrected chi connectivity index (χ0v) is 18.2. The van der Waals surface area contributed by atoms with Gasteiger partial charge in [0.25, 0.3) is 0 Å². The van der Waals surface area contributed by atoms with Crippen molar-refractivity contribution in [2.24, 2.45) is 14.1 Å². The number of halogens is 1. The Morgan fingerprint density at radius 3 is 1.38 bits per heavy atom. The Labute approximate surface area is 176 Å². The molecule has 0 N–H and O–H groups in total. The van der Waals surface area contributed by atoms with Crippen molar-refractivity contribution in [3.8, 4) is 0 Å². The summed E-state index contributed by atoms with van der Waals surface area (Å²) in [6, 6.07) is 0. The molecule has 0 amide bonds. The molecule has 0 aliphatic rings. The molecule has 2 aromatic heterocycles. The van der Waals surface area contributed by atoms with Crippen LogP contribution in [-0.2, 0) is 51.0 Å². The summed E-state index contributed by atoms with van der Waals surface area (Å²) in [6.45, 7) is 6.02. The van der Waals surface area contributed by atoms with E-state index in [0.717, 1.165) is 6.92 Å². The van der Waals surface area contributed by atoms with Gasteiger partial charge in [0.2, 0.25) is 12.7 Å². The third kappa shape index (κ3) is 15.8. The van der Waals surface area contributed by atoms with Crippen LogP contribution in [0, 0.1) is 0 Å². The van der Waals surface area contributed by atoms with Gasteiger partial charge in [-0.05, 0) is 20.8 Å². The van der Waals surface area contributed by atoms with Crippen LogP contribution < -0.4 is 26.6 Å². The van der Waals surface area contributed by atoms with E-state index in [1.165, 1.54) is 0 Å². The number of rotatable bonds is 6. The average Bonchev–Trinajstić information content (AvgIpc) is 3.16. The van der Waals surface area contributed by atoms with Gasteiger partial charge in [-0.25, -0.2) is 27.9 Å². The Morgan fingerprint density at radius 1 is 0.862 bits per heavy atom. The molecule has 0 fully saturated rings. The van der Waals surface area contributed by atoms with E-state index in [4.69, 9.17) is 19.4 Å². The molecule has 0 bridgehead atoms. The van der Waals surface area contributed by atoms with Crippen LogP contribution in [0.5, 0.6) is 0 Å². The monoisotopic (exact) mass is 432 g/mol. The van der Waals surface area contributed by atoms with E-state index in [-0.39, 0.29) is 37.4 Å². The summed E-state index contributed by atoms with van der Waals surface area (Å²) in [4.78, 5) is 30.8. The molecule has 2 heterocycles. The highest BCUT2D eigenvalue weighted by Crippen LogP contribution is 1.87. The van der Waals surface area contributed by atoms with Gasteiger partial charge in [0.1, 0.15) is 24.8 Å². The van der Waals surface area contributed by atoms with Crippen LogP contribution in [0.1, 0.15) is 20.8 Å². The summed E-state index contributed by atoms with van der Waals surface area (Å²) in [5, 5.41) is 8.89. The van der Waals surface area contributed by atoms with Crippen molar-refractivity contribution in [2.45, 2.75) is 33.9 Å². The highest BCUT2D eigenvalue weighted by atomic mass is 35.5. The fraction of sp³-hybridized carbons (Fsp3) is 0.500. The molecule has 11 heteroatoms. The maximum Gasteiger partial charge on any atom is 0.348 e. The van der Waals surface area contributed by atoms with Gasteiger partial charge >= 0.3 is 11.9 Å². The Bertz CT molecular complexity index is 684. The number of aromatic nitrogens is 4. The predicted molar refractivity (Wildman–Crippen MR) is 95.2 cm³/mol. The number of hydrogen-bond acceptors (Lipinski definition) is 6. The van der Waals surface area contributed by atoms with Crippen molar-refractivity contribution >= 4 is 17.9 Å². The van der Waals surface area contributed by atoms with Crippen molar-refractivity contribution < 1.29 is 50.5 Å². The lowest BCUT2D eigenvalue weighted by Crippen LogP contribution is -3.00. The van der Waals surface area contributed by atoms with Crippen molar-refractivity contribution in [1.29, 1.82) is 0 Å². The first-order valence-corrected chi connectivity index (χ1v) is 8.68. The van der Waals surface area contributed by atoms with Crippen LogP contribution >= 0.6 is 0 Å². The lowest BCUT2D eigenvalue weighted by Gasteiger charge is -1.97. The van der Waals surface area contributed by atoms with Gasteiger partial charge in [0.15, 0.2) is 13.1 Å². The summed E-state index contributed by atoms with van der Waals surface area (Å²) in [5.41, 5.74) is 0. The van der Waals surface area contributed by atoms with Gasteiger partial charge in [0, 0.05) is 5.97 Å². The fourth-order valence-electron chi connectivity index (χ4n) is 1.90. The van der Waals surface area contributed by atoms with Crippen LogP contribution in [-0.4, -0.2) is 40.3 Å². The van der Waals surface area contributed by atoms with Crippen molar-refractivity contribution in [3.05, 3.63) is 37.4 Å². The number of carboxylic acids is 1. The predicted octanol–water partition coefficient (Wildman–Crippen LogP) is -4.49. The van der Waals surface area contributed by atoms with Crippen molar-refractivity contribution in [2.75, 3.05) is 13.2 Å². The van der Waals surface area contributed by atoms with Crippen LogP contribution in [0.15, 0.2) is 37.4 Å². The largest absolute Gasteiger partial charge is 1.00 e. The summed E-state index contributed by atoms with van der Waals surface area (Å²) >= 11 is 0. The normalized spacial score (nSPS) is 9.00. The van der Waals surface area contributed by atoms with E-state index in [9.17, 15) is 9.59 Å². The summed E-state index contributed by atoms with van der Waals surface area (Å²) < 4.78 is 16.9. The van der Waals surface area contributed by atoms with Crippen LogP contribution in [0.25, 0.3) is 0 Å². The third-order valence-corrected chi connectivity index (χ3v) is 2.88. The van der Waals surface area contributed by atoms with E-state index in [0.29, 0.717) is 13.2 Å². The molecule has 0 spiro atoms. The van der Waals surface area contributed by atoms with E-state index in [1.54, 1.807) is 23.0 Å². The minimum Gasteiger partial charge on any atom is -1.00 e. The number of ether oxygens (including phenoxy) is 2. The molecule has 164 valence electrons. The minimum atomic E-state index is -1.08. The first-order valence-electron chi connectivity index (χ1n) is 8.68. The van der Waals surface area contributed by atoms with Gasteiger partial charge < -0.3 is 31.8 Å². The number of esters is 2. The molecule has 0 saturated carbocycles. The topological polar surface area (TPSA) is 110 Å². The molecule has 0 aromatic carbocycles. The molecule has 0 atom stereocenters. The zero-order valence-electron chi connectivity index (χ0n) is 17.4. The average molecular weight is 433 g/mol. The van der Waals surface area contributed by atoms with Crippen LogP contribution in [0.4, 0.5) is 0 Å². The zero-order chi connectivity index (χ0) is 21.5. The molecule has 0 radical (unpaired) electrons. The Hall–Kier alpha value is -2.88. The molecular weight excluding hydrogens is 404 g/mol. The Kier molecular flexibility index (Phi) is 15.7. The Morgan fingerprint density at radius 2 is 1.17 bits per heavy atom. The lowest BCUT2D eigenvalue weighted by molar-refractivity contribution is -0.671. The van der Waals surface area contributed by atoms with E-state index in [1.807, 2.05) is 60.7 Å². The van der Waals surface area contributed by atoms with Crippen molar-refractivity contribution in [1.82, 2.24) is 9.13 Å². The molecular formula is C18H29ClN4O6. The molecule has 29 heavy (non-hydrogen) atoms. The van der Waals surface area contributed by atoms with Crippen LogP contribution in [0.3, 0.4) is 0 Å². The first kappa shape index (κ1) is 28.3. The van der Waals surface area contributed by atoms with E-state index >= 15 is 0 Å². The lowest BCUT2D eigenvalue weighted by atomic mass is 10.6. The first-order chi connectivity index (χ1) is 13.2. The van der Waals surface area contributed by atoms with E-state index in [2.05, 4.69) is 0 Å². The minimum absolute atomic E-state index is 0. The quantitative estimate of drug-likeness (QED) is 0.336. The number of aryl methyl sites for hydroxylation is 2. The van der Waals surface area contributed by atoms with Gasteiger partial charge in [-0.15, -0.1) is 0 Å². The summed E-state index contributed by atoms with van der Waals surface area (Å²) in [6.07, 6.45) is 11.1. The smallest absolute Gasteiger partial charge is 0.348 e. The van der Waals surface area contributed by atoms with Gasteiger partial charge in [-0.1, -0.05) is 0 Å². The highest BCUT2D eigenvalue weighted by molar-refractivity contribution is 5.69. The van der Waals surface area contributed by atoms with Crippen LogP contribution in [0.2, 0.25) is 0 Å². The second-order valence-electron chi connectivity index (χ2n) is 5.60. The standard InChI is InChI=1S/2C8H13N2O2.C2H4O2.ClH/c2*1-3-12-8(11)6-10-5-4-9(2)7-10;1-2(3)4;/h2*4-5,7H,3,6H2,1-2H3;1H3,(H,3,4);1H/q2*+1;;/p-2. The van der Waals surface area contributed by atoms with Gasteiger partial charge in [-0.2, -0.15) is 0 Å². The Balaban J connectivity index is 0. The van der Waals surface area contributed by atoms with Crippen molar-refractivity contribution in [3.63, 3.8) is 0 Å². The fourth-order valence-corrected chi connectivity index (χ4v) is 1.90. The molecule has 0 unspecified atom stereocenters. The summed E-state index contributed by atoms with van der Waals surface area (Å²) in [5.74, 6) is -1.48. The third-order valence-electron chi connectivity index (χ3n) is 2.88. The number of aliphatic carboxylic acids is 1. The number of hydrogen-bond donors (Lipinski definition) is 0. The maximum absolute atomic E-state index is 11.0. The maximum atomic E-state index is 11.0. The second-order valence-corrected chi connectivity index (χ2v) is 5.60. The number of carboxylic acid groups (broad SMARTS) is 1. The number of carbonyl (C=O) groups excluding carboxylic acids is 3. The molecule has 2 rings (SSSR count). The highest BCUT2D eigenvalue weighted by Gasteiger charge is 2.08. The summed E-state index contributed by atoms with van der Waals surface area (Å²) in [7, 11) is 3.81. The molecule has 0 aliphatic carbocycles. The number of imidazole rings is 2. The molecule has 10 nitrogen and oxygen atoms in total. The number of nitrogens with zero attached hydrogens (tertiary/aromatic N) is 4. The van der Waals surface area contributed by atoms with Gasteiger partial charge in [-0.3, -0.25) is 0 Å². The number of carbonyl (C=O) groups is 3. The SMILES string of the molecule is CC(=O)[O-].CCOC(=O)Cn1cc[n+](C)c1.CCOC(=O)Cn1cc[n+](C)c1.[Cl-]. The molecule has 0 aliphatic heterocycles. The molecule has 2 aromatic rings. The molecule has 0 saturated heterocycles. The van der Waals surface area contributed by atoms with E-state index < -0.39 is 5.97 Å². The second kappa shape index (κ2) is 16.1. The van der Waals surface area contributed by atoms with Gasteiger partial charge in [0.05, 0.1) is 27.3 Å².